The van der Waals surface area contributed by atoms with E-state index in [4.69, 9.17) is 4.74 Å². The molecule has 184 valence electrons. The van der Waals surface area contributed by atoms with Gasteiger partial charge in [0.15, 0.2) is 4.34 Å². The minimum absolute atomic E-state index is 0.171. The Balaban J connectivity index is 1.23. The van der Waals surface area contributed by atoms with Crippen molar-refractivity contribution in [2.24, 2.45) is 0 Å². The first-order valence-electron chi connectivity index (χ1n) is 11.2. The fraction of sp³-hybridized carbons (Fsp3) is 0.154. The Bertz CT molecular complexity index is 1310. The van der Waals surface area contributed by atoms with Gasteiger partial charge < -0.3 is 20.7 Å². The van der Waals surface area contributed by atoms with E-state index >= 15 is 0 Å². The number of benzene rings is 3. The normalized spacial score (nSPS) is 10.5. The van der Waals surface area contributed by atoms with Crippen LogP contribution in [0.3, 0.4) is 0 Å². The molecule has 36 heavy (non-hydrogen) atoms. The van der Waals surface area contributed by atoms with Gasteiger partial charge in [-0.2, -0.15) is 0 Å². The average molecular weight is 520 g/mol. The molecule has 3 N–H and O–H groups in total. The van der Waals surface area contributed by atoms with Crippen LogP contribution in [0.2, 0.25) is 0 Å². The summed E-state index contributed by atoms with van der Waals surface area (Å²) in [5.74, 6) is 0.534. The fourth-order valence-corrected chi connectivity index (χ4v) is 4.68. The zero-order valence-electron chi connectivity index (χ0n) is 19.8. The Kier molecular flexibility index (Phi) is 8.53. The summed E-state index contributed by atoms with van der Waals surface area (Å²) in [6.07, 6.45) is 0. The molecule has 10 heteroatoms. The number of hydrogen-bond donors (Lipinski definition) is 3. The number of carbonyl (C=O) groups excluding carboxylic acids is 2. The number of nitrogens with one attached hydrogen (secondary N) is 3. The molecule has 0 aliphatic carbocycles. The lowest BCUT2D eigenvalue weighted by atomic mass is 10.2. The predicted molar refractivity (Wildman–Crippen MR) is 146 cm³/mol. The second-order valence-corrected chi connectivity index (χ2v) is 9.89. The van der Waals surface area contributed by atoms with Gasteiger partial charge in [0.1, 0.15) is 5.75 Å². The van der Waals surface area contributed by atoms with E-state index in [1.165, 1.54) is 28.7 Å². The summed E-state index contributed by atoms with van der Waals surface area (Å²) in [5.41, 5.74) is 3.88. The molecule has 0 unspecified atom stereocenters. The van der Waals surface area contributed by atoms with E-state index in [0.717, 1.165) is 11.4 Å². The van der Waals surface area contributed by atoms with Gasteiger partial charge in [-0.15, -0.1) is 10.2 Å². The summed E-state index contributed by atoms with van der Waals surface area (Å²) >= 11 is 2.70. The summed E-state index contributed by atoms with van der Waals surface area (Å²) in [7, 11) is 0. The third kappa shape index (κ3) is 7.30. The molecule has 4 aromatic rings. The molecule has 3 aromatic carbocycles. The maximum atomic E-state index is 12.5. The van der Waals surface area contributed by atoms with E-state index in [-0.39, 0.29) is 17.6 Å². The van der Waals surface area contributed by atoms with Crippen molar-refractivity contribution in [2.45, 2.75) is 18.2 Å². The third-order valence-corrected chi connectivity index (χ3v) is 6.86. The van der Waals surface area contributed by atoms with Crippen LogP contribution in [-0.4, -0.2) is 34.4 Å². The summed E-state index contributed by atoms with van der Waals surface area (Å²) in [5, 5.41) is 17.8. The number of ether oxygens (including phenoxy) is 1. The topological polar surface area (TPSA) is 105 Å². The van der Waals surface area contributed by atoms with Crippen molar-refractivity contribution >= 4 is 57.1 Å². The molecule has 0 fully saturated rings. The Labute approximate surface area is 217 Å². The Morgan fingerprint density at radius 3 is 2.19 bits per heavy atom. The molecule has 0 saturated heterocycles. The number of carbonyl (C=O) groups is 2. The van der Waals surface area contributed by atoms with Crippen molar-refractivity contribution in [1.29, 1.82) is 0 Å². The van der Waals surface area contributed by atoms with Crippen LogP contribution in [0.15, 0.2) is 77.1 Å². The van der Waals surface area contributed by atoms with E-state index in [9.17, 15) is 9.59 Å². The van der Waals surface area contributed by atoms with Crippen molar-refractivity contribution in [3.8, 4) is 5.75 Å². The molecule has 0 aliphatic heterocycles. The van der Waals surface area contributed by atoms with Gasteiger partial charge in [0.05, 0.1) is 12.4 Å². The van der Waals surface area contributed by atoms with Gasteiger partial charge in [0.25, 0.3) is 5.91 Å². The highest BCUT2D eigenvalue weighted by atomic mass is 32.2. The molecule has 0 saturated carbocycles. The van der Waals surface area contributed by atoms with Crippen LogP contribution < -0.4 is 20.7 Å². The summed E-state index contributed by atoms with van der Waals surface area (Å²) in [6, 6.07) is 21.9. The lowest BCUT2D eigenvalue weighted by Crippen LogP contribution is -2.15. The Hall–Kier alpha value is -3.89. The van der Waals surface area contributed by atoms with Crippen molar-refractivity contribution in [3.05, 3.63) is 83.9 Å². The quantitative estimate of drug-likeness (QED) is 0.222. The summed E-state index contributed by atoms with van der Waals surface area (Å²) < 4.78 is 6.10. The number of aryl methyl sites for hydroxylation is 1. The Morgan fingerprint density at radius 2 is 1.50 bits per heavy atom. The molecule has 0 atom stereocenters. The first kappa shape index (κ1) is 25.2. The van der Waals surface area contributed by atoms with E-state index in [0.29, 0.717) is 33.0 Å². The van der Waals surface area contributed by atoms with E-state index in [1.807, 2.05) is 38.1 Å². The maximum Gasteiger partial charge on any atom is 0.255 e. The van der Waals surface area contributed by atoms with Gasteiger partial charge in [0.2, 0.25) is 11.0 Å². The smallest absolute Gasteiger partial charge is 0.255 e. The van der Waals surface area contributed by atoms with E-state index < -0.39 is 0 Å². The molecule has 1 aromatic heterocycles. The van der Waals surface area contributed by atoms with Crippen LogP contribution in [0.4, 0.5) is 22.2 Å². The zero-order valence-corrected chi connectivity index (χ0v) is 21.4. The second kappa shape index (κ2) is 12.2. The zero-order chi connectivity index (χ0) is 25.3. The van der Waals surface area contributed by atoms with E-state index in [2.05, 4.69) is 26.1 Å². The SMILES string of the molecule is CCOc1ccc(NC(=O)c2ccc(NC(=O)CSc3nnc(Nc4ccc(C)cc4)s3)cc2)cc1. The molecule has 8 nitrogen and oxygen atoms in total. The molecule has 4 rings (SSSR count). The van der Waals surface area contributed by atoms with Gasteiger partial charge in [-0.05, 0) is 74.5 Å². The Morgan fingerprint density at radius 1 is 0.861 bits per heavy atom. The van der Waals surface area contributed by atoms with Gasteiger partial charge in [-0.25, -0.2) is 0 Å². The monoisotopic (exact) mass is 519 g/mol. The minimum atomic E-state index is -0.237. The van der Waals surface area contributed by atoms with Crippen LogP contribution >= 0.6 is 23.1 Å². The second-order valence-electron chi connectivity index (χ2n) is 7.69. The highest BCUT2D eigenvalue weighted by Gasteiger charge is 2.10. The molecule has 1 heterocycles. The largest absolute Gasteiger partial charge is 0.494 e. The van der Waals surface area contributed by atoms with Crippen LogP contribution in [0.1, 0.15) is 22.8 Å². The van der Waals surface area contributed by atoms with Gasteiger partial charge in [-0.1, -0.05) is 40.8 Å². The molecule has 0 radical (unpaired) electrons. The maximum absolute atomic E-state index is 12.5. The van der Waals surface area contributed by atoms with Crippen molar-refractivity contribution in [2.75, 3.05) is 28.3 Å². The van der Waals surface area contributed by atoms with Crippen molar-refractivity contribution in [3.63, 3.8) is 0 Å². The predicted octanol–water partition coefficient (Wildman–Crippen LogP) is 5.97. The van der Waals surface area contributed by atoms with Crippen LogP contribution in [0.25, 0.3) is 0 Å². The molecule has 0 bridgehead atoms. The molecular weight excluding hydrogens is 494 g/mol. The van der Waals surface area contributed by atoms with Gasteiger partial charge in [0, 0.05) is 22.6 Å². The highest BCUT2D eigenvalue weighted by molar-refractivity contribution is 8.01. The van der Waals surface area contributed by atoms with Crippen molar-refractivity contribution in [1.82, 2.24) is 10.2 Å². The van der Waals surface area contributed by atoms with E-state index in [1.54, 1.807) is 48.5 Å². The summed E-state index contributed by atoms with van der Waals surface area (Å²) in [6.45, 7) is 4.53. The minimum Gasteiger partial charge on any atom is -0.494 e. The first-order chi connectivity index (χ1) is 17.5. The fourth-order valence-electron chi connectivity index (χ4n) is 3.11. The molecule has 2 amide bonds. The number of anilines is 4. The number of rotatable bonds is 10. The van der Waals surface area contributed by atoms with Crippen LogP contribution in [-0.2, 0) is 4.79 Å². The third-order valence-electron chi connectivity index (χ3n) is 4.89. The number of hydrogen-bond acceptors (Lipinski definition) is 8. The number of thioether (sulfide) groups is 1. The van der Waals surface area contributed by atoms with Gasteiger partial charge >= 0.3 is 0 Å². The highest BCUT2D eigenvalue weighted by Crippen LogP contribution is 2.28. The summed E-state index contributed by atoms with van der Waals surface area (Å²) in [4.78, 5) is 24.9. The average Bonchev–Trinajstić information content (AvgIpc) is 3.33. The van der Waals surface area contributed by atoms with Crippen molar-refractivity contribution < 1.29 is 14.3 Å². The molecular formula is C26H25N5O3S2. The lowest BCUT2D eigenvalue weighted by Gasteiger charge is -2.08. The molecule has 0 aliphatic rings. The molecule has 0 spiro atoms. The number of nitrogens with zero attached hydrogens (tertiary/aromatic N) is 2. The standard InChI is InChI=1S/C26H25N5O3S2/c1-3-34-22-14-12-20(13-15-22)28-24(33)18-6-10-19(11-7-18)27-23(32)16-35-26-31-30-25(36-26)29-21-8-4-17(2)5-9-21/h4-15H,3,16H2,1-2H3,(H,27,32)(H,28,33)(H,29,30). The number of amides is 2. The lowest BCUT2D eigenvalue weighted by molar-refractivity contribution is -0.113. The van der Waals surface area contributed by atoms with Crippen LogP contribution in [0, 0.1) is 6.92 Å². The first-order valence-corrected chi connectivity index (χ1v) is 13.0. The number of aromatic nitrogens is 2. The van der Waals surface area contributed by atoms with Crippen LogP contribution in [0.5, 0.6) is 5.75 Å². The van der Waals surface area contributed by atoms with Gasteiger partial charge in [-0.3, -0.25) is 9.59 Å².